The summed E-state index contributed by atoms with van der Waals surface area (Å²) >= 11 is 0. The fraction of sp³-hybridized carbons (Fsp3) is 0.533. The number of carbonyl (C=O) groups is 1. The van der Waals surface area contributed by atoms with Gasteiger partial charge in [0.2, 0.25) is 0 Å². The average molecular weight is 246 g/mol. The largest absolute Gasteiger partial charge is 0.350 e. The van der Waals surface area contributed by atoms with Crippen molar-refractivity contribution in [3.05, 3.63) is 34.9 Å². The topological polar surface area (TPSA) is 55.1 Å². The molecule has 0 fully saturated rings. The van der Waals surface area contributed by atoms with E-state index in [4.69, 9.17) is 5.73 Å². The third-order valence-corrected chi connectivity index (χ3v) is 3.54. The molecule has 0 saturated heterocycles. The van der Waals surface area contributed by atoms with Gasteiger partial charge in [-0.05, 0) is 48.9 Å². The lowest BCUT2D eigenvalue weighted by atomic mass is 10.1. The number of fused-ring (bicyclic) bond motifs is 1. The summed E-state index contributed by atoms with van der Waals surface area (Å²) in [4.78, 5) is 12.0. The predicted molar refractivity (Wildman–Crippen MR) is 73.7 cm³/mol. The van der Waals surface area contributed by atoms with Gasteiger partial charge in [-0.15, -0.1) is 0 Å². The molecule has 1 unspecified atom stereocenters. The van der Waals surface area contributed by atoms with Crippen LogP contribution in [0.5, 0.6) is 0 Å². The molecule has 0 bridgehead atoms. The first-order valence-corrected chi connectivity index (χ1v) is 6.86. The highest BCUT2D eigenvalue weighted by atomic mass is 16.1. The number of amides is 1. The zero-order chi connectivity index (χ0) is 13.0. The molecular formula is C15H22N2O. The summed E-state index contributed by atoms with van der Waals surface area (Å²) in [7, 11) is 0. The van der Waals surface area contributed by atoms with E-state index in [9.17, 15) is 4.79 Å². The van der Waals surface area contributed by atoms with E-state index in [0.717, 1.165) is 31.2 Å². The van der Waals surface area contributed by atoms with Gasteiger partial charge in [0, 0.05) is 18.2 Å². The fourth-order valence-corrected chi connectivity index (χ4v) is 2.51. The van der Waals surface area contributed by atoms with E-state index >= 15 is 0 Å². The molecule has 0 aromatic heterocycles. The van der Waals surface area contributed by atoms with Crippen LogP contribution in [0.25, 0.3) is 0 Å². The number of carbonyl (C=O) groups excluding carboxylic acids is 1. The van der Waals surface area contributed by atoms with E-state index in [1.807, 2.05) is 12.1 Å². The first-order chi connectivity index (χ1) is 8.70. The molecule has 98 valence electrons. The lowest BCUT2D eigenvalue weighted by molar-refractivity contribution is 0.0950. The minimum atomic E-state index is -0.00347. The van der Waals surface area contributed by atoms with Gasteiger partial charge in [0.15, 0.2) is 0 Å². The molecule has 18 heavy (non-hydrogen) atoms. The van der Waals surface area contributed by atoms with Gasteiger partial charge in [-0.2, -0.15) is 0 Å². The van der Waals surface area contributed by atoms with E-state index in [1.54, 1.807) is 0 Å². The molecule has 3 heteroatoms. The number of rotatable bonds is 5. The Labute approximate surface area is 109 Å². The van der Waals surface area contributed by atoms with E-state index in [-0.39, 0.29) is 11.9 Å². The SMILES string of the molecule is CCCC(N)CNC(=O)c1ccc2c(c1)CCC2. The monoisotopic (exact) mass is 246 g/mol. The number of aryl methyl sites for hydroxylation is 2. The van der Waals surface area contributed by atoms with Crippen LogP contribution in [0.3, 0.4) is 0 Å². The normalized spacial score (nSPS) is 15.2. The molecular weight excluding hydrogens is 224 g/mol. The van der Waals surface area contributed by atoms with Crippen LogP contribution in [-0.4, -0.2) is 18.5 Å². The van der Waals surface area contributed by atoms with Crippen LogP contribution < -0.4 is 11.1 Å². The molecule has 1 aliphatic carbocycles. The molecule has 0 aliphatic heterocycles. The van der Waals surface area contributed by atoms with Crippen molar-refractivity contribution in [3.63, 3.8) is 0 Å². The van der Waals surface area contributed by atoms with Crippen LogP contribution in [0, 0.1) is 0 Å². The van der Waals surface area contributed by atoms with Crippen molar-refractivity contribution >= 4 is 5.91 Å². The molecule has 1 amide bonds. The molecule has 1 aliphatic rings. The second-order valence-electron chi connectivity index (χ2n) is 5.10. The Kier molecular flexibility index (Phi) is 4.37. The number of hydrogen-bond acceptors (Lipinski definition) is 2. The van der Waals surface area contributed by atoms with Crippen molar-refractivity contribution < 1.29 is 4.79 Å². The van der Waals surface area contributed by atoms with Gasteiger partial charge in [-0.3, -0.25) is 4.79 Å². The average Bonchev–Trinajstić information content (AvgIpc) is 2.83. The summed E-state index contributed by atoms with van der Waals surface area (Å²) in [6, 6.07) is 6.10. The molecule has 1 aromatic rings. The van der Waals surface area contributed by atoms with Crippen molar-refractivity contribution in [1.82, 2.24) is 5.32 Å². The van der Waals surface area contributed by atoms with Crippen LogP contribution in [0.2, 0.25) is 0 Å². The van der Waals surface area contributed by atoms with Gasteiger partial charge in [0.05, 0.1) is 0 Å². The second-order valence-corrected chi connectivity index (χ2v) is 5.10. The molecule has 3 nitrogen and oxygen atoms in total. The standard InChI is InChI=1S/C15H22N2O/c1-2-4-14(16)10-17-15(18)13-8-7-11-5-3-6-12(11)9-13/h7-9,14H,2-6,10,16H2,1H3,(H,17,18). The second kappa shape index (κ2) is 6.01. The summed E-state index contributed by atoms with van der Waals surface area (Å²) in [6.45, 7) is 2.66. The number of hydrogen-bond donors (Lipinski definition) is 2. The zero-order valence-electron chi connectivity index (χ0n) is 11.0. The first-order valence-electron chi connectivity index (χ1n) is 6.86. The zero-order valence-corrected chi connectivity index (χ0v) is 11.0. The Morgan fingerprint density at radius 2 is 2.17 bits per heavy atom. The van der Waals surface area contributed by atoms with Crippen molar-refractivity contribution in [2.75, 3.05) is 6.54 Å². The van der Waals surface area contributed by atoms with Crippen molar-refractivity contribution in [3.8, 4) is 0 Å². The predicted octanol–water partition coefficient (Wildman–Crippen LogP) is 2.03. The molecule has 0 radical (unpaired) electrons. The van der Waals surface area contributed by atoms with Gasteiger partial charge in [-0.25, -0.2) is 0 Å². The van der Waals surface area contributed by atoms with Gasteiger partial charge in [-0.1, -0.05) is 19.4 Å². The highest BCUT2D eigenvalue weighted by Crippen LogP contribution is 2.22. The van der Waals surface area contributed by atoms with Crippen molar-refractivity contribution in [2.24, 2.45) is 5.73 Å². The Morgan fingerprint density at radius 3 is 2.94 bits per heavy atom. The van der Waals surface area contributed by atoms with Gasteiger partial charge < -0.3 is 11.1 Å². The Balaban J connectivity index is 1.93. The summed E-state index contributed by atoms with van der Waals surface area (Å²) < 4.78 is 0. The van der Waals surface area contributed by atoms with Gasteiger partial charge in [0.25, 0.3) is 5.91 Å². The fourth-order valence-electron chi connectivity index (χ4n) is 2.51. The summed E-state index contributed by atoms with van der Waals surface area (Å²) in [6.07, 6.45) is 5.46. The summed E-state index contributed by atoms with van der Waals surface area (Å²) in [5.74, 6) is -0.00347. The lowest BCUT2D eigenvalue weighted by Crippen LogP contribution is -2.37. The molecule has 1 aromatic carbocycles. The molecule has 0 saturated carbocycles. The summed E-state index contributed by atoms with van der Waals surface area (Å²) in [5, 5.41) is 2.91. The molecule has 0 spiro atoms. The molecule has 1 atom stereocenters. The Hall–Kier alpha value is -1.35. The Bertz CT molecular complexity index is 429. The first kappa shape index (κ1) is 13.1. The van der Waals surface area contributed by atoms with Crippen LogP contribution in [0.1, 0.15) is 47.7 Å². The number of nitrogens with two attached hydrogens (primary N) is 1. The minimum absolute atomic E-state index is 0.00347. The smallest absolute Gasteiger partial charge is 0.251 e. The third kappa shape index (κ3) is 3.10. The van der Waals surface area contributed by atoms with E-state index in [2.05, 4.69) is 18.3 Å². The van der Waals surface area contributed by atoms with Gasteiger partial charge in [0.1, 0.15) is 0 Å². The van der Waals surface area contributed by atoms with E-state index < -0.39 is 0 Å². The van der Waals surface area contributed by atoms with E-state index in [1.165, 1.54) is 17.5 Å². The highest BCUT2D eigenvalue weighted by Gasteiger charge is 2.14. The number of benzene rings is 1. The molecule has 2 rings (SSSR count). The van der Waals surface area contributed by atoms with E-state index in [0.29, 0.717) is 6.54 Å². The summed E-state index contributed by atoms with van der Waals surface area (Å²) in [5.41, 5.74) is 9.38. The van der Waals surface area contributed by atoms with Crippen molar-refractivity contribution in [2.45, 2.75) is 45.1 Å². The van der Waals surface area contributed by atoms with Crippen LogP contribution >= 0.6 is 0 Å². The quantitative estimate of drug-likeness (QED) is 0.835. The number of nitrogens with one attached hydrogen (secondary N) is 1. The Morgan fingerprint density at radius 1 is 1.39 bits per heavy atom. The maximum atomic E-state index is 12.0. The van der Waals surface area contributed by atoms with Crippen LogP contribution in [-0.2, 0) is 12.8 Å². The molecule has 3 N–H and O–H groups in total. The van der Waals surface area contributed by atoms with Crippen LogP contribution in [0.4, 0.5) is 0 Å². The van der Waals surface area contributed by atoms with Gasteiger partial charge >= 0.3 is 0 Å². The van der Waals surface area contributed by atoms with Crippen LogP contribution in [0.15, 0.2) is 18.2 Å². The third-order valence-electron chi connectivity index (χ3n) is 3.54. The minimum Gasteiger partial charge on any atom is -0.350 e. The highest BCUT2D eigenvalue weighted by molar-refractivity contribution is 5.94. The maximum absolute atomic E-state index is 12.0. The maximum Gasteiger partial charge on any atom is 0.251 e. The molecule has 0 heterocycles. The van der Waals surface area contributed by atoms with Crippen molar-refractivity contribution in [1.29, 1.82) is 0 Å². The lowest BCUT2D eigenvalue weighted by Gasteiger charge is -2.12.